The van der Waals surface area contributed by atoms with Crippen LogP contribution >= 0.6 is 0 Å². The Labute approximate surface area is 113 Å². The molecule has 5 nitrogen and oxygen atoms in total. The van der Waals surface area contributed by atoms with Gasteiger partial charge in [-0.2, -0.15) is 0 Å². The first-order valence-electron chi connectivity index (χ1n) is 6.42. The number of rotatable bonds is 5. The number of benzene rings is 1. The maximum absolute atomic E-state index is 12.0. The van der Waals surface area contributed by atoms with Crippen molar-refractivity contribution in [3.8, 4) is 0 Å². The van der Waals surface area contributed by atoms with Gasteiger partial charge in [-0.05, 0) is 38.5 Å². The van der Waals surface area contributed by atoms with Gasteiger partial charge in [0.2, 0.25) is 0 Å². The molecule has 0 saturated heterocycles. The van der Waals surface area contributed by atoms with E-state index in [1.54, 1.807) is 36.1 Å². The van der Waals surface area contributed by atoms with Crippen molar-refractivity contribution in [1.82, 2.24) is 4.90 Å². The van der Waals surface area contributed by atoms with Gasteiger partial charge < -0.3 is 20.4 Å². The molecular weight excluding hydrogens is 244 g/mol. The number of carbonyl (C=O) groups excluding carboxylic acids is 1. The van der Waals surface area contributed by atoms with Crippen LogP contribution in [0.1, 0.15) is 32.4 Å². The highest BCUT2D eigenvalue weighted by Gasteiger charge is 2.16. The minimum atomic E-state index is -0.522. The second-order valence-electron chi connectivity index (χ2n) is 4.74. The molecule has 0 radical (unpaired) electrons. The van der Waals surface area contributed by atoms with Gasteiger partial charge in [0.05, 0.1) is 12.7 Å². The van der Waals surface area contributed by atoms with Crippen LogP contribution in [0, 0.1) is 0 Å². The summed E-state index contributed by atoms with van der Waals surface area (Å²) >= 11 is 0. The van der Waals surface area contributed by atoms with Gasteiger partial charge in [-0.3, -0.25) is 0 Å². The van der Waals surface area contributed by atoms with Crippen molar-refractivity contribution < 1.29 is 15.0 Å². The Kier molecular flexibility index (Phi) is 5.79. The summed E-state index contributed by atoms with van der Waals surface area (Å²) in [5, 5.41) is 21.1. The molecule has 106 valence electrons. The molecule has 1 aromatic rings. The van der Waals surface area contributed by atoms with E-state index >= 15 is 0 Å². The molecule has 0 heterocycles. The fraction of sp³-hybridized carbons (Fsp3) is 0.500. The molecule has 1 aromatic carbocycles. The summed E-state index contributed by atoms with van der Waals surface area (Å²) in [6.45, 7) is 5.72. The molecule has 19 heavy (non-hydrogen) atoms. The van der Waals surface area contributed by atoms with Crippen molar-refractivity contribution in [2.75, 3.05) is 18.5 Å². The van der Waals surface area contributed by atoms with E-state index in [0.29, 0.717) is 12.2 Å². The standard InChI is InChI=1S/C14H22N2O3/c1-10(2)16(8-9-17)14(19)15-13-6-4-12(5-7-13)11(3)18/h4-7,10-11,17-18H,8-9H2,1-3H3,(H,15,19). The first kappa shape index (κ1) is 15.5. The Hall–Kier alpha value is -1.59. The third-order valence-electron chi connectivity index (χ3n) is 2.87. The van der Waals surface area contributed by atoms with Crippen LogP contribution in [0.4, 0.5) is 10.5 Å². The number of anilines is 1. The number of urea groups is 1. The van der Waals surface area contributed by atoms with Gasteiger partial charge >= 0.3 is 6.03 Å². The number of aliphatic hydroxyl groups is 2. The number of nitrogens with one attached hydrogen (secondary N) is 1. The van der Waals surface area contributed by atoms with Crippen LogP contribution in [0.2, 0.25) is 0 Å². The first-order chi connectivity index (χ1) is 8.95. The molecule has 0 saturated carbocycles. The lowest BCUT2D eigenvalue weighted by Gasteiger charge is -2.26. The molecule has 1 unspecified atom stereocenters. The third kappa shape index (κ3) is 4.54. The Bertz CT molecular complexity index is 402. The number of aliphatic hydroxyl groups excluding tert-OH is 2. The molecule has 1 rings (SSSR count). The SMILES string of the molecule is CC(O)c1ccc(NC(=O)N(CCO)C(C)C)cc1. The quantitative estimate of drug-likeness (QED) is 0.763. The largest absolute Gasteiger partial charge is 0.395 e. The molecule has 0 bridgehead atoms. The highest BCUT2D eigenvalue weighted by Crippen LogP contribution is 2.16. The number of carbonyl (C=O) groups is 1. The summed E-state index contributed by atoms with van der Waals surface area (Å²) in [4.78, 5) is 13.6. The summed E-state index contributed by atoms with van der Waals surface area (Å²) in [5.74, 6) is 0. The van der Waals surface area contributed by atoms with Gasteiger partial charge in [0.25, 0.3) is 0 Å². The zero-order valence-electron chi connectivity index (χ0n) is 11.6. The molecule has 0 aromatic heterocycles. The normalized spacial score (nSPS) is 12.3. The molecule has 0 spiro atoms. The molecule has 0 fully saturated rings. The van der Waals surface area contributed by atoms with Crippen LogP contribution in [0.5, 0.6) is 0 Å². The smallest absolute Gasteiger partial charge is 0.322 e. The Morgan fingerprint density at radius 3 is 2.26 bits per heavy atom. The summed E-state index contributed by atoms with van der Waals surface area (Å²) in [6.07, 6.45) is -0.522. The van der Waals surface area contributed by atoms with Crippen molar-refractivity contribution >= 4 is 11.7 Å². The Balaban J connectivity index is 2.69. The molecule has 1 atom stereocenters. The predicted molar refractivity (Wildman–Crippen MR) is 75.0 cm³/mol. The fourth-order valence-corrected chi connectivity index (χ4v) is 1.74. The van der Waals surface area contributed by atoms with Gasteiger partial charge in [0.15, 0.2) is 0 Å². The fourth-order valence-electron chi connectivity index (χ4n) is 1.74. The molecule has 2 amide bonds. The van der Waals surface area contributed by atoms with Crippen molar-refractivity contribution in [3.63, 3.8) is 0 Å². The Morgan fingerprint density at radius 1 is 1.26 bits per heavy atom. The van der Waals surface area contributed by atoms with Crippen molar-refractivity contribution in [1.29, 1.82) is 0 Å². The van der Waals surface area contributed by atoms with Crippen LogP contribution in [0.15, 0.2) is 24.3 Å². The number of amides is 2. The van der Waals surface area contributed by atoms with E-state index in [-0.39, 0.29) is 18.7 Å². The van der Waals surface area contributed by atoms with E-state index in [9.17, 15) is 9.90 Å². The van der Waals surface area contributed by atoms with Crippen LogP contribution in [0.3, 0.4) is 0 Å². The van der Waals surface area contributed by atoms with Gasteiger partial charge in [0.1, 0.15) is 0 Å². The second-order valence-corrected chi connectivity index (χ2v) is 4.74. The summed E-state index contributed by atoms with van der Waals surface area (Å²) in [5.41, 5.74) is 1.46. The van der Waals surface area contributed by atoms with E-state index in [2.05, 4.69) is 5.32 Å². The van der Waals surface area contributed by atoms with Crippen LogP contribution in [0.25, 0.3) is 0 Å². The maximum Gasteiger partial charge on any atom is 0.322 e. The van der Waals surface area contributed by atoms with Crippen molar-refractivity contribution in [2.24, 2.45) is 0 Å². The lowest BCUT2D eigenvalue weighted by Crippen LogP contribution is -2.41. The van der Waals surface area contributed by atoms with E-state index in [1.165, 1.54) is 0 Å². The summed E-state index contributed by atoms with van der Waals surface area (Å²) < 4.78 is 0. The molecule has 5 heteroatoms. The van der Waals surface area contributed by atoms with Crippen LogP contribution in [-0.2, 0) is 0 Å². The molecule has 0 aliphatic carbocycles. The second kappa shape index (κ2) is 7.11. The van der Waals surface area contributed by atoms with E-state index in [4.69, 9.17) is 5.11 Å². The van der Waals surface area contributed by atoms with E-state index in [1.807, 2.05) is 13.8 Å². The zero-order valence-corrected chi connectivity index (χ0v) is 11.6. The maximum atomic E-state index is 12.0. The van der Waals surface area contributed by atoms with Gasteiger partial charge in [-0.15, -0.1) is 0 Å². The monoisotopic (exact) mass is 266 g/mol. The van der Waals surface area contributed by atoms with Gasteiger partial charge in [-0.25, -0.2) is 4.79 Å². The minimum Gasteiger partial charge on any atom is -0.395 e. The van der Waals surface area contributed by atoms with Crippen LogP contribution in [-0.4, -0.2) is 40.3 Å². The third-order valence-corrected chi connectivity index (χ3v) is 2.87. The predicted octanol–water partition coefficient (Wildman–Crippen LogP) is 1.97. The lowest BCUT2D eigenvalue weighted by atomic mass is 10.1. The molecular formula is C14H22N2O3. The molecule has 3 N–H and O–H groups in total. The van der Waals surface area contributed by atoms with Gasteiger partial charge in [-0.1, -0.05) is 12.1 Å². The number of hydrogen-bond acceptors (Lipinski definition) is 3. The van der Waals surface area contributed by atoms with Crippen molar-refractivity contribution in [3.05, 3.63) is 29.8 Å². The van der Waals surface area contributed by atoms with Crippen molar-refractivity contribution in [2.45, 2.75) is 32.9 Å². The Morgan fingerprint density at radius 2 is 1.84 bits per heavy atom. The highest BCUT2D eigenvalue weighted by molar-refractivity contribution is 5.89. The number of nitrogens with zero attached hydrogens (tertiary/aromatic N) is 1. The minimum absolute atomic E-state index is 0.0175. The molecule has 0 aliphatic rings. The highest BCUT2D eigenvalue weighted by atomic mass is 16.3. The van der Waals surface area contributed by atoms with E-state index < -0.39 is 6.10 Å². The first-order valence-corrected chi connectivity index (χ1v) is 6.42. The van der Waals surface area contributed by atoms with Gasteiger partial charge in [0, 0.05) is 18.3 Å². The average Bonchev–Trinajstić information content (AvgIpc) is 2.36. The topological polar surface area (TPSA) is 72.8 Å². The molecule has 0 aliphatic heterocycles. The summed E-state index contributed by atoms with van der Waals surface area (Å²) in [7, 11) is 0. The van der Waals surface area contributed by atoms with Crippen LogP contribution < -0.4 is 5.32 Å². The lowest BCUT2D eigenvalue weighted by molar-refractivity contribution is 0.172. The van der Waals surface area contributed by atoms with E-state index in [0.717, 1.165) is 5.56 Å². The number of hydrogen-bond donors (Lipinski definition) is 3. The zero-order chi connectivity index (χ0) is 14.4. The average molecular weight is 266 g/mol. The summed E-state index contributed by atoms with van der Waals surface area (Å²) in [6, 6.07) is 6.81.